The number of halogens is 2. The number of piperazine rings is 1. The van der Waals surface area contributed by atoms with E-state index in [4.69, 9.17) is 21.3 Å². The lowest BCUT2D eigenvalue weighted by Crippen LogP contribution is -2.53. The van der Waals surface area contributed by atoms with Gasteiger partial charge in [-0.25, -0.2) is 19.0 Å². The molecule has 1 aromatic carbocycles. The molecule has 1 saturated carbocycles. The van der Waals surface area contributed by atoms with E-state index in [0.717, 1.165) is 0 Å². The Morgan fingerprint density at radius 1 is 1.16 bits per heavy atom. The van der Waals surface area contributed by atoms with Crippen molar-refractivity contribution in [3.63, 3.8) is 0 Å². The topological polar surface area (TPSA) is 128 Å². The predicted octanol–water partition coefficient (Wildman–Crippen LogP) is 3.52. The summed E-state index contributed by atoms with van der Waals surface area (Å²) in [4.78, 5) is 53.2. The molecule has 2 N–H and O–H groups in total. The van der Waals surface area contributed by atoms with Gasteiger partial charge in [0.2, 0.25) is 0 Å². The first-order valence-electron chi connectivity index (χ1n) is 14.3. The Kier molecular flexibility index (Phi) is 8.38. The molecule has 2 atom stereocenters. The van der Waals surface area contributed by atoms with Gasteiger partial charge in [-0.05, 0) is 37.8 Å². The van der Waals surface area contributed by atoms with E-state index in [-0.39, 0.29) is 34.6 Å². The molecule has 11 nitrogen and oxygen atoms in total. The Morgan fingerprint density at radius 3 is 2.63 bits per heavy atom. The normalized spacial score (nSPS) is 26.2. The van der Waals surface area contributed by atoms with Crippen molar-refractivity contribution in [2.75, 3.05) is 39.8 Å². The lowest BCUT2D eigenvalue weighted by atomic mass is 9.85. The van der Waals surface area contributed by atoms with Crippen molar-refractivity contribution >= 4 is 46.7 Å². The van der Waals surface area contributed by atoms with E-state index >= 15 is 0 Å². The van der Waals surface area contributed by atoms with Crippen LogP contribution in [0.2, 0.25) is 5.02 Å². The average molecular weight is 631 g/mol. The zero-order valence-electron chi connectivity index (χ0n) is 23.5. The number of aliphatic imine (C=N–C) groups is 1. The first kappa shape index (κ1) is 29.5. The van der Waals surface area contributed by atoms with Gasteiger partial charge in [0.15, 0.2) is 10.8 Å². The number of urea groups is 1. The highest BCUT2D eigenvalue weighted by molar-refractivity contribution is 7.11. The Balaban J connectivity index is 1.24. The number of ether oxygens (including phenoxy) is 1. The number of nitrogens with zero attached hydrogens (tertiary/aromatic N) is 5. The zero-order chi connectivity index (χ0) is 30.2. The molecule has 2 unspecified atom stereocenters. The maximum Gasteiger partial charge on any atom is 0.338 e. The molecular weight excluding hydrogens is 599 g/mol. The Bertz CT molecular complexity index is 1480. The van der Waals surface area contributed by atoms with Crippen LogP contribution in [-0.2, 0) is 14.3 Å². The van der Waals surface area contributed by atoms with Crippen LogP contribution in [0.25, 0.3) is 0 Å². The summed E-state index contributed by atoms with van der Waals surface area (Å²) >= 11 is 7.86. The molecule has 3 fully saturated rings. The highest BCUT2D eigenvalue weighted by atomic mass is 35.5. The number of nitrogens with one attached hydrogen (secondary N) is 1. The third-order valence-corrected chi connectivity index (χ3v) is 9.86. The number of amides is 2. The van der Waals surface area contributed by atoms with E-state index in [2.05, 4.69) is 15.2 Å². The molecular formula is C29H32ClFN6O5S. The van der Waals surface area contributed by atoms with Crippen LogP contribution >= 0.6 is 22.9 Å². The molecule has 228 valence electrons. The Labute approximate surface area is 257 Å². The monoisotopic (exact) mass is 630 g/mol. The molecule has 2 aromatic rings. The number of carboxylic acids is 1. The largest absolute Gasteiger partial charge is 0.481 e. The number of hydrogen-bond donors (Lipinski definition) is 2. The number of hydrogen-bond acceptors (Lipinski definition) is 9. The SMILES string of the molecule is COC(=O)C1=C(CN2CCN3C(=O)N(C4CCC(C(=O)O)CC4)CC3C2)NC(c2nccs2)=NC1c1ccc(F)cc1Cl. The van der Waals surface area contributed by atoms with Crippen LogP contribution in [0.4, 0.5) is 9.18 Å². The molecule has 3 aliphatic heterocycles. The fourth-order valence-electron chi connectivity index (χ4n) is 6.57. The molecule has 0 radical (unpaired) electrons. The van der Waals surface area contributed by atoms with Crippen molar-refractivity contribution in [1.29, 1.82) is 0 Å². The average Bonchev–Trinajstić information content (AvgIpc) is 3.65. The predicted molar refractivity (Wildman–Crippen MR) is 157 cm³/mol. The number of esters is 1. The van der Waals surface area contributed by atoms with Gasteiger partial charge in [-0.3, -0.25) is 14.7 Å². The van der Waals surface area contributed by atoms with Crippen LogP contribution in [0.1, 0.15) is 42.3 Å². The summed E-state index contributed by atoms with van der Waals surface area (Å²) < 4.78 is 19.1. The maximum atomic E-state index is 13.9. The minimum Gasteiger partial charge on any atom is -0.481 e. The van der Waals surface area contributed by atoms with Crippen molar-refractivity contribution in [3.05, 3.63) is 62.5 Å². The second-order valence-electron chi connectivity index (χ2n) is 11.3. The van der Waals surface area contributed by atoms with E-state index in [1.807, 2.05) is 15.2 Å². The number of rotatable bonds is 7. The van der Waals surface area contributed by atoms with Crippen LogP contribution < -0.4 is 5.32 Å². The second kappa shape index (κ2) is 12.2. The molecule has 6 rings (SSSR count). The molecule has 14 heteroatoms. The lowest BCUT2D eigenvalue weighted by molar-refractivity contribution is -0.143. The zero-order valence-corrected chi connectivity index (χ0v) is 25.1. The molecule has 4 heterocycles. The van der Waals surface area contributed by atoms with Crippen LogP contribution in [0.5, 0.6) is 0 Å². The maximum absolute atomic E-state index is 13.9. The van der Waals surface area contributed by atoms with Crippen molar-refractivity contribution in [3.8, 4) is 0 Å². The van der Waals surface area contributed by atoms with Crippen molar-refractivity contribution in [1.82, 2.24) is 25.0 Å². The molecule has 2 amide bonds. The van der Waals surface area contributed by atoms with Gasteiger partial charge in [0.05, 0.1) is 24.6 Å². The molecule has 1 aromatic heterocycles. The van der Waals surface area contributed by atoms with Gasteiger partial charge in [-0.2, -0.15) is 0 Å². The first-order chi connectivity index (χ1) is 20.7. The first-order valence-corrected chi connectivity index (χ1v) is 15.5. The number of fused-ring (bicyclic) bond motifs is 1. The number of aliphatic carboxylic acids is 1. The number of carbonyl (C=O) groups excluding carboxylic acids is 2. The minimum absolute atomic E-state index is 0.0119. The number of carbonyl (C=O) groups is 3. The quantitative estimate of drug-likeness (QED) is 0.445. The number of methoxy groups -OCH3 is 1. The minimum atomic E-state index is -0.846. The van der Waals surface area contributed by atoms with Crippen LogP contribution in [0.15, 0.2) is 46.0 Å². The van der Waals surface area contributed by atoms with Gasteiger partial charge >= 0.3 is 18.0 Å². The molecule has 43 heavy (non-hydrogen) atoms. The summed E-state index contributed by atoms with van der Waals surface area (Å²) in [5.41, 5.74) is 1.33. The number of amidine groups is 1. The number of aromatic nitrogens is 1. The number of benzene rings is 1. The lowest BCUT2D eigenvalue weighted by Gasteiger charge is -2.38. The van der Waals surface area contributed by atoms with Gasteiger partial charge in [0, 0.05) is 66.6 Å². The van der Waals surface area contributed by atoms with Gasteiger partial charge in [-0.1, -0.05) is 17.7 Å². The fraction of sp³-hybridized carbons (Fsp3) is 0.483. The number of thiazole rings is 1. The van der Waals surface area contributed by atoms with E-state index in [1.165, 1.54) is 36.6 Å². The highest BCUT2D eigenvalue weighted by Gasteiger charge is 2.45. The third-order valence-electron chi connectivity index (χ3n) is 8.76. The Hall–Kier alpha value is -3.55. The summed E-state index contributed by atoms with van der Waals surface area (Å²) in [6.45, 7) is 2.65. The van der Waals surface area contributed by atoms with Crippen molar-refractivity contribution in [2.45, 2.75) is 43.8 Å². The van der Waals surface area contributed by atoms with E-state index in [9.17, 15) is 23.9 Å². The van der Waals surface area contributed by atoms with Crippen molar-refractivity contribution < 1.29 is 28.6 Å². The third kappa shape index (κ3) is 5.85. The summed E-state index contributed by atoms with van der Waals surface area (Å²) in [7, 11) is 1.30. The van der Waals surface area contributed by atoms with Gasteiger partial charge < -0.3 is 25.0 Å². The molecule has 4 aliphatic rings. The second-order valence-corrected chi connectivity index (χ2v) is 12.6. The summed E-state index contributed by atoms with van der Waals surface area (Å²) in [6, 6.07) is 3.19. The summed E-state index contributed by atoms with van der Waals surface area (Å²) in [6.07, 6.45) is 4.22. The molecule has 0 spiro atoms. The van der Waals surface area contributed by atoms with Gasteiger partial charge in [0.1, 0.15) is 11.9 Å². The highest BCUT2D eigenvalue weighted by Crippen LogP contribution is 2.37. The van der Waals surface area contributed by atoms with Crippen LogP contribution in [-0.4, -0.2) is 101 Å². The van der Waals surface area contributed by atoms with E-state index < -0.39 is 23.8 Å². The van der Waals surface area contributed by atoms with E-state index in [0.29, 0.717) is 80.5 Å². The molecule has 0 bridgehead atoms. The molecule has 2 saturated heterocycles. The Morgan fingerprint density at radius 2 is 1.95 bits per heavy atom. The summed E-state index contributed by atoms with van der Waals surface area (Å²) in [5, 5.41) is 15.3. The van der Waals surface area contributed by atoms with Crippen molar-refractivity contribution in [2.24, 2.45) is 10.9 Å². The molecule has 1 aliphatic carbocycles. The summed E-state index contributed by atoms with van der Waals surface area (Å²) in [5.74, 6) is -1.70. The number of carboxylic acid groups (broad SMARTS) is 1. The van der Waals surface area contributed by atoms with Crippen LogP contribution in [0, 0.1) is 11.7 Å². The fourth-order valence-corrected chi connectivity index (χ4v) is 7.43. The standard InChI is InChI=1S/C29H32ClFN6O5S/c1-42-28(40)23-22(33-25(26-32-8-11-43-26)34-24(23)20-7-4-17(31)12-21(20)30)15-35-9-10-36-19(13-35)14-37(29(36)41)18-5-2-16(3-6-18)27(38)39/h4,7-8,11-12,16,18-19,24H,2-3,5-6,9-10,13-15H2,1H3,(H,33,34)(H,38,39). The smallest absolute Gasteiger partial charge is 0.338 e. The van der Waals surface area contributed by atoms with Gasteiger partial charge in [0.25, 0.3) is 0 Å². The van der Waals surface area contributed by atoms with Gasteiger partial charge in [-0.15, -0.1) is 11.3 Å². The van der Waals surface area contributed by atoms with Crippen LogP contribution in [0.3, 0.4) is 0 Å². The van der Waals surface area contributed by atoms with E-state index in [1.54, 1.807) is 6.20 Å².